The molecule has 0 aliphatic carbocycles. The van der Waals surface area contributed by atoms with Crippen LogP contribution in [0, 0.1) is 10.1 Å². The Morgan fingerprint density at radius 1 is 1.00 bits per heavy atom. The second-order valence-corrected chi connectivity index (χ2v) is 7.34. The molecule has 2 aromatic rings. The molecule has 0 radical (unpaired) electrons. The van der Waals surface area contributed by atoms with E-state index in [1.165, 1.54) is 25.0 Å². The Morgan fingerprint density at radius 3 is 2.13 bits per heavy atom. The van der Waals surface area contributed by atoms with Gasteiger partial charge in [0.15, 0.2) is 0 Å². The van der Waals surface area contributed by atoms with Crippen LogP contribution in [-0.2, 0) is 4.74 Å². The van der Waals surface area contributed by atoms with Crippen LogP contribution in [0.2, 0.25) is 0 Å². The van der Waals surface area contributed by atoms with E-state index < -0.39 is 4.92 Å². The Bertz CT molecular complexity index is 833. The van der Waals surface area contributed by atoms with Gasteiger partial charge in [0, 0.05) is 38.0 Å². The molecule has 7 heteroatoms. The van der Waals surface area contributed by atoms with Gasteiger partial charge in [-0.25, -0.2) is 0 Å². The normalized spacial score (nSPS) is 11.0. The lowest BCUT2D eigenvalue weighted by molar-refractivity contribution is -0.384. The third kappa shape index (κ3) is 8.53. The average molecular weight is 411 g/mol. The SMILES string of the molecule is C=C(C)COCCCCCCN(C)c1ccc(N=Nc2ccc([N+](=O)[O-])cc2)cc1. The molecule has 2 aromatic carbocycles. The van der Waals surface area contributed by atoms with E-state index in [1.807, 2.05) is 31.2 Å². The van der Waals surface area contributed by atoms with E-state index in [-0.39, 0.29) is 5.69 Å². The Labute approximate surface area is 178 Å². The second-order valence-electron chi connectivity index (χ2n) is 7.34. The van der Waals surface area contributed by atoms with Crippen molar-refractivity contribution in [2.45, 2.75) is 32.6 Å². The van der Waals surface area contributed by atoms with Gasteiger partial charge in [-0.05, 0) is 56.2 Å². The number of anilines is 1. The number of rotatable bonds is 13. The molecule has 0 bridgehead atoms. The molecule has 0 aromatic heterocycles. The van der Waals surface area contributed by atoms with Crippen molar-refractivity contribution >= 4 is 22.7 Å². The molecule has 0 aliphatic rings. The molecule has 0 unspecified atom stereocenters. The summed E-state index contributed by atoms with van der Waals surface area (Å²) in [5.74, 6) is 0. The van der Waals surface area contributed by atoms with Crippen LogP contribution in [0.15, 0.2) is 70.9 Å². The minimum atomic E-state index is -0.435. The van der Waals surface area contributed by atoms with E-state index in [9.17, 15) is 10.1 Å². The highest BCUT2D eigenvalue weighted by atomic mass is 16.6. The summed E-state index contributed by atoms with van der Waals surface area (Å²) in [6, 6.07) is 13.9. The molecule has 160 valence electrons. The standard InChI is InChI=1S/C23H30N4O3/c1-19(2)18-30-17-7-5-4-6-16-26(3)22-12-8-20(9-13-22)24-25-21-10-14-23(15-11-21)27(28)29/h8-15H,1,4-7,16-18H2,2-3H3. The lowest BCUT2D eigenvalue weighted by atomic mass is 10.2. The van der Waals surface area contributed by atoms with Crippen molar-refractivity contribution in [1.82, 2.24) is 0 Å². The summed E-state index contributed by atoms with van der Waals surface area (Å²) >= 11 is 0. The van der Waals surface area contributed by atoms with Crippen molar-refractivity contribution in [3.8, 4) is 0 Å². The molecule has 2 rings (SSSR count). The minimum Gasteiger partial charge on any atom is -0.377 e. The second kappa shape index (κ2) is 12.5. The zero-order chi connectivity index (χ0) is 21.8. The number of nitro groups is 1. The number of azo groups is 1. The largest absolute Gasteiger partial charge is 0.377 e. The fraction of sp³-hybridized carbons (Fsp3) is 0.391. The highest BCUT2D eigenvalue weighted by Crippen LogP contribution is 2.23. The van der Waals surface area contributed by atoms with E-state index in [2.05, 4.69) is 28.8 Å². The summed E-state index contributed by atoms with van der Waals surface area (Å²) in [5, 5.41) is 19.0. The van der Waals surface area contributed by atoms with Crippen molar-refractivity contribution in [2.75, 3.05) is 31.7 Å². The third-order valence-electron chi connectivity index (χ3n) is 4.51. The summed E-state index contributed by atoms with van der Waals surface area (Å²) in [6.07, 6.45) is 4.58. The summed E-state index contributed by atoms with van der Waals surface area (Å²) in [4.78, 5) is 12.5. The number of unbranched alkanes of at least 4 members (excludes halogenated alkanes) is 3. The maximum Gasteiger partial charge on any atom is 0.269 e. The van der Waals surface area contributed by atoms with E-state index in [4.69, 9.17) is 4.74 Å². The van der Waals surface area contributed by atoms with E-state index in [0.29, 0.717) is 12.3 Å². The maximum atomic E-state index is 10.7. The van der Waals surface area contributed by atoms with Crippen molar-refractivity contribution in [1.29, 1.82) is 0 Å². The van der Waals surface area contributed by atoms with Gasteiger partial charge >= 0.3 is 0 Å². The van der Waals surface area contributed by atoms with E-state index >= 15 is 0 Å². The number of benzene rings is 2. The first-order valence-corrected chi connectivity index (χ1v) is 10.2. The number of ether oxygens (including phenoxy) is 1. The molecule has 7 nitrogen and oxygen atoms in total. The van der Waals surface area contributed by atoms with Gasteiger partial charge < -0.3 is 9.64 Å². The summed E-state index contributed by atoms with van der Waals surface area (Å²) < 4.78 is 5.51. The number of nitro benzene ring substituents is 1. The number of non-ortho nitro benzene ring substituents is 1. The Morgan fingerprint density at radius 2 is 1.57 bits per heavy atom. The lowest BCUT2D eigenvalue weighted by Crippen LogP contribution is -2.18. The van der Waals surface area contributed by atoms with Crippen LogP contribution in [0.1, 0.15) is 32.6 Å². The lowest BCUT2D eigenvalue weighted by Gasteiger charge is -2.19. The van der Waals surface area contributed by atoms with Gasteiger partial charge in [-0.1, -0.05) is 25.0 Å². The maximum absolute atomic E-state index is 10.7. The van der Waals surface area contributed by atoms with E-state index in [1.54, 1.807) is 12.1 Å². The predicted octanol–water partition coefficient (Wildman–Crippen LogP) is 6.60. The molecule has 0 N–H and O–H groups in total. The number of nitrogens with zero attached hydrogens (tertiary/aromatic N) is 4. The minimum absolute atomic E-state index is 0.0393. The first-order valence-electron chi connectivity index (χ1n) is 10.2. The molecule has 0 fully saturated rings. The molecule has 30 heavy (non-hydrogen) atoms. The van der Waals surface area contributed by atoms with Gasteiger partial charge in [0.1, 0.15) is 0 Å². The first-order chi connectivity index (χ1) is 14.5. The van der Waals surface area contributed by atoms with Gasteiger partial charge in [-0.3, -0.25) is 10.1 Å². The van der Waals surface area contributed by atoms with Gasteiger partial charge in [-0.2, -0.15) is 10.2 Å². The van der Waals surface area contributed by atoms with Crippen LogP contribution in [0.5, 0.6) is 0 Å². The predicted molar refractivity (Wildman–Crippen MR) is 121 cm³/mol. The molecule has 0 heterocycles. The fourth-order valence-corrected chi connectivity index (χ4v) is 2.81. The van der Waals surface area contributed by atoms with Crippen LogP contribution >= 0.6 is 0 Å². The third-order valence-corrected chi connectivity index (χ3v) is 4.51. The van der Waals surface area contributed by atoms with Gasteiger partial charge in [0.2, 0.25) is 0 Å². The highest BCUT2D eigenvalue weighted by molar-refractivity contribution is 5.52. The molecule has 0 spiro atoms. The highest BCUT2D eigenvalue weighted by Gasteiger charge is 2.04. The fourth-order valence-electron chi connectivity index (χ4n) is 2.81. The molecular weight excluding hydrogens is 380 g/mol. The summed E-state index contributed by atoms with van der Waals surface area (Å²) in [7, 11) is 2.09. The number of hydrogen-bond acceptors (Lipinski definition) is 6. The van der Waals surface area contributed by atoms with Crippen LogP contribution in [0.25, 0.3) is 0 Å². The quantitative estimate of drug-likeness (QED) is 0.122. The van der Waals surface area contributed by atoms with Gasteiger partial charge in [-0.15, -0.1) is 0 Å². The summed E-state index contributed by atoms with van der Waals surface area (Å²) in [6.45, 7) is 8.26. The van der Waals surface area contributed by atoms with Gasteiger partial charge in [0.05, 0.1) is 22.9 Å². The first kappa shape index (κ1) is 23.2. The molecule has 0 amide bonds. The van der Waals surface area contributed by atoms with Crippen molar-refractivity contribution in [3.05, 3.63) is 70.8 Å². The monoisotopic (exact) mass is 410 g/mol. The molecule has 0 saturated carbocycles. The van der Waals surface area contributed by atoms with Crippen LogP contribution in [0.4, 0.5) is 22.7 Å². The molecule has 0 atom stereocenters. The van der Waals surface area contributed by atoms with Gasteiger partial charge in [0.25, 0.3) is 5.69 Å². The van der Waals surface area contributed by atoms with Crippen molar-refractivity contribution in [2.24, 2.45) is 10.2 Å². The molecular formula is C23H30N4O3. The Balaban J connectivity index is 1.71. The zero-order valence-corrected chi connectivity index (χ0v) is 17.8. The Hall–Kier alpha value is -3.06. The number of hydrogen-bond donors (Lipinski definition) is 0. The average Bonchev–Trinajstić information content (AvgIpc) is 2.74. The van der Waals surface area contributed by atoms with Crippen molar-refractivity contribution < 1.29 is 9.66 Å². The smallest absolute Gasteiger partial charge is 0.269 e. The van der Waals surface area contributed by atoms with Crippen LogP contribution in [0.3, 0.4) is 0 Å². The topological polar surface area (TPSA) is 80.3 Å². The van der Waals surface area contributed by atoms with Crippen molar-refractivity contribution in [3.63, 3.8) is 0 Å². The van der Waals surface area contributed by atoms with Crippen LogP contribution < -0.4 is 4.90 Å². The summed E-state index contributed by atoms with van der Waals surface area (Å²) in [5.41, 5.74) is 3.55. The zero-order valence-electron chi connectivity index (χ0n) is 17.8. The molecule has 0 aliphatic heterocycles. The van der Waals surface area contributed by atoms with E-state index in [0.717, 1.165) is 42.9 Å². The van der Waals surface area contributed by atoms with Crippen LogP contribution in [-0.4, -0.2) is 31.7 Å². The molecule has 0 saturated heterocycles. The Kier molecular flexibility index (Phi) is 9.67.